The fourth-order valence-electron chi connectivity index (χ4n) is 3.09. The SMILES string of the molecule is Cc1ccc(C2=N/C(=C/c3ccc([N+](=O)[O-])cc3)C(=O)N2c2ccc(Cl)cc2)cc1. The minimum atomic E-state index is -0.465. The number of hydrogen-bond donors (Lipinski definition) is 0. The first kappa shape index (κ1) is 19.5. The second kappa shape index (κ2) is 7.93. The van der Waals surface area contributed by atoms with Gasteiger partial charge in [0.2, 0.25) is 0 Å². The molecule has 0 bridgehead atoms. The number of amidine groups is 1. The van der Waals surface area contributed by atoms with Crippen LogP contribution in [0.4, 0.5) is 11.4 Å². The number of non-ortho nitro benzene ring substituents is 1. The lowest BCUT2D eigenvalue weighted by Crippen LogP contribution is -2.32. The van der Waals surface area contributed by atoms with E-state index in [9.17, 15) is 14.9 Å². The van der Waals surface area contributed by atoms with E-state index >= 15 is 0 Å². The molecule has 7 heteroatoms. The van der Waals surface area contributed by atoms with Crippen LogP contribution in [0.2, 0.25) is 5.02 Å². The molecule has 0 radical (unpaired) electrons. The van der Waals surface area contributed by atoms with E-state index < -0.39 is 4.92 Å². The Balaban J connectivity index is 1.78. The van der Waals surface area contributed by atoms with E-state index in [-0.39, 0.29) is 17.3 Å². The van der Waals surface area contributed by atoms with Gasteiger partial charge in [0.05, 0.1) is 10.6 Å². The largest absolute Gasteiger partial charge is 0.282 e. The first-order valence-corrected chi connectivity index (χ1v) is 9.52. The molecule has 0 fully saturated rings. The Bertz CT molecular complexity index is 1180. The van der Waals surface area contributed by atoms with Crippen molar-refractivity contribution < 1.29 is 9.72 Å². The standard InChI is InChI=1S/C23H16ClN3O3/c1-15-2-6-17(7-3-15)22-25-21(14-16-4-10-20(11-5-16)27(29)30)23(28)26(22)19-12-8-18(24)9-13-19/h2-14H,1H3/b21-14+. The fourth-order valence-corrected chi connectivity index (χ4v) is 3.22. The summed E-state index contributed by atoms with van der Waals surface area (Å²) in [5.74, 6) is 0.224. The number of aliphatic imine (C=N–C) groups is 1. The van der Waals surface area contributed by atoms with Gasteiger partial charge in [0, 0.05) is 22.7 Å². The first-order valence-electron chi connectivity index (χ1n) is 9.14. The third kappa shape index (κ3) is 3.86. The number of halogens is 1. The van der Waals surface area contributed by atoms with Crippen molar-refractivity contribution in [1.29, 1.82) is 0 Å². The topological polar surface area (TPSA) is 75.8 Å². The molecule has 0 unspecified atom stereocenters. The van der Waals surface area contributed by atoms with Crippen LogP contribution in [0.3, 0.4) is 0 Å². The summed E-state index contributed by atoms with van der Waals surface area (Å²) in [4.78, 5) is 29.7. The zero-order chi connectivity index (χ0) is 21.3. The van der Waals surface area contributed by atoms with Gasteiger partial charge in [0.15, 0.2) is 0 Å². The zero-order valence-corrected chi connectivity index (χ0v) is 16.7. The lowest BCUT2D eigenvalue weighted by molar-refractivity contribution is -0.384. The highest BCUT2D eigenvalue weighted by molar-refractivity contribution is 6.33. The molecule has 1 heterocycles. The van der Waals surface area contributed by atoms with Crippen LogP contribution in [-0.2, 0) is 4.79 Å². The number of carbonyl (C=O) groups excluding carboxylic acids is 1. The molecule has 3 aromatic rings. The molecule has 1 amide bonds. The molecule has 0 saturated carbocycles. The summed E-state index contributed by atoms with van der Waals surface area (Å²) in [6.07, 6.45) is 1.62. The Morgan fingerprint density at radius 3 is 2.20 bits per heavy atom. The van der Waals surface area contributed by atoms with Crippen LogP contribution in [-0.4, -0.2) is 16.7 Å². The Morgan fingerprint density at radius 2 is 1.60 bits per heavy atom. The first-order chi connectivity index (χ1) is 14.4. The number of carbonyl (C=O) groups is 1. The van der Waals surface area contributed by atoms with Crippen molar-refractivity contribution in [2.24, 2.45) is 4.99 Å². The highest BCUT2D eigenvalue weighted by Crippen LogP contribution is 2.29. The Morgan fingerprint density at radius 1 is 0.967 bits per heavy atom. The number of aryl methyl sites for hydroxylation is 1. The summed E-state index contributed by atoms with van der Waals surface area (Å²) < 4.78 is 0. The van der Waals surface area contributed by atoms with E-state index in [0.717, 1.165) is 11.1 Å². The van der Waals surface area contributed by atoms with Gasteiger partial charge in [0.25, 0.3) is 11.6 Å². The average molecular weight is 418 g/mol. The highest BCUT2D eigenvalue weighted by Gasteiger charge is 2.32. The number of nitro groups is 1. The molecule has 6 nitrogen and oxygen atoms in total. The quantitative estimate of drug-likeness (QED) is 0.324. The van der Waals surface area contributed by atoms with E-state index in [1.807, 2.05) is 31.2 Å². The maximum Gasteiger partial charge on any atom is 0.282 e. The number of benzene rings is 3. The molecule has 148 valence electrons. The van der Waals surface area contributed by atoms with Gasteiger partial charge in [-0.3, -0.25) is 19.8 Å². The van der Waals surface area contributed by atoms with Crippen molar-refractivity contribution in [2.75, 3.05) is 4.90 Å². The second-order valence-corrected chi connectivity index (χ2v) is 7.23. The van der Waals surface area contributed by atoms with Crippen molar-refractivity contribution in [3.8, 4) is 0 Å². The van der Waals surface area contributed by atoms with Crippen LogP contribution >= 0.6 is 11.6 Å². The molecule has 1 aliphatic rings. The van der Waals surface area contributed by atoms with E-state index in [2.05, 4.69) is 4.99 Å². The van der Waals surface area contributed by atoms with Gasteiger partial charge in [-0.1, -0.05) is 41.4 Å². The highest BCUT2D eigenvalue weighted by atomic mass is 35.5. The lowest BCUT2D eigenvalue weighted by Gasteiger charge is -2.18. The van der Waals surface area contributed by atoms with Crippen LogP contribution < -0.4 is 4.90 Å². The Kier molecular flexibility index (Phi) is 5.16. The monoisotopic (exact) mass is 417 g/mol. The van der Waals surface area contributed by atoms with Gasteiger partial charge in [-0.05, 0) is 55.0 Å². The van der Waals surface area contributed by atoms with Gasteiger partial charge >= 0.3 is 0 Å². The predicted octanol–water partition coefficient (Wildman–Crippen LogP) is 5.39. The van der Waals surface area contributed by atoms with Crippen molar-refractivity contribution in [1.82, 2.24) is 0 Å². The summed E-state index contributed by atoms with van der Waals surface area (Å²) in [7, 11) is 0. The van der Waals surface area contributed by atoms with Gasteiger partial charge in [-0.15, -0.1) is 0 Å². The molecule has 1 aliphatic heterocycles. The molecule has 0 N–H and O–H groups in total. The molecule has 30 heavy (non-hydrogen) atoms. The predicted molar refractivity (Wildman–Crippen MR) is 118 cm³/mol. The number of nitrogens with zero attached hydrogens (tertiary/aromatic N) is 3. The third-order valence-electron chi connectivity index (χ3n) is 4.66. The van der Waals surface area contributed by atoms with E-state index in [0.29, 0.717) is 22.1 Å². The van der Waals surface area contributed by atoms with Crippen LogP contribution in [0.1, 0.15) is 16.7 Å². The smallest absolute Gasteiger partial charge is 0.266 e. The number of rotatable bonds is 4. The van der Waals surface area contributed by atoms with Gasteiger partial charge in [-0.25, -0.2) is 4.99 Å². The minimum absolute atomic E-state index is 0.0125. The molecule has 0 spiro atoms. The van der Waals surface area contributed by atoms with Crippen LogP contribution in [0.25, 0.3) is 6.08 Å². The molecule has 0 aromatic heterocycles. The molecule has 3 aromatic carbocycles. The average Bonchev–Trinajstić information content (AvgIpc) is 3.06. The minimum Gasteiger partial charge on any atom is -0.266 e. The van der Waals surface area contributed by atoms with Crippen LogP contribution in [0, 0.1) is 17.0 Å². The van der Waals surface area contributed by atoms with Crippen molar-refractivity contribution in [3.05, 3.63) is 110 Å². The van der Waals surface area contributed by atoms with Gasteiger partial charge < -0.3 is 0 Å². The van der Waals surface area contributed by atoms with E-state index in [4.69, 9.17) is 11.6 Å². The van der Waals surface area contributed by atoms with Crippen molar-refractivity contribution in [3.63, 3.8) is 0 Å². The zero-order valence-electron chi connectivity index (χ0n) is 15.9. The van der Waals surface area contributed by atoms with Crippen LogP contribution in [0.5, 0.6) is 0 Å². The summed E-state index contributed by atoms with van der Waals surface area (Å²) >= 11 is 6.00. The lowest BCUT2D eigenvalue weighted by atomic mass is 10.1. The normalized spacial score (nSPS) is 14.9. The van der Waals surface area contributed by atoms with Crippen molar-refractivity contribution >= 4 is 40.8 Å². The van der Waals surface area contributed by atoms with Gasteiger partial charge in [-0.2, -0.15) is 0 Å². The number of nitro benzene ring substituents is 1. The second-order valence-electron chi connectivity index (χ2n) is 6.80. The van der Waals surface area contributed by atoms with Crippen molar-refractivity contribution in [2.45, 2.75) is 6.92 Å². The maximum absolute atomic E-state index is 13.2. The Hall–Kier alpha value is -3.77. The summed E-state index contributed by atoms with van der Waals surface area (Å²) in [6, 6.07) is 20.7. The van der Waals surface area contributed by atoms with Gasteiger partial charge in [0.1, 0.15) is 11.5 Å². The van der Waals surface area contributed by atoms with Crippen LogP contribution in [0.15, 0.2) is 83.5 Å². The maximum atomic E-state index is 13.2. The summed E-state index contributed by atoms with van der Waals surface area (Å²) in [6.45, 7) is 1.99. The Labute approximate surface area is 177 Å². The molecule has 0 atom stereocenters. The third-order valence-corrected chi connectivity index (χ3v) is 4.91. The molecule has 0 aliphatic carbocycles. The molecular weight excluding hydrogens is 402 g/mol. The number of amides is 1. The summed E-state index contributed by atoms with van der Waals surface area (Å²) in [5.41, 5.74) is 3.43. The molecule has 0 saturated heterocycles. The van der Waals surface area contributed by atoms with E-state index in [1.54, 1.807) is 42.5 Å². The molecule has 4 rings (SSSR count). The molecular formula is C23H16ClN3O3. The number of hydrogen-bond acceptors (Lipinski definition) is 4. The fraction of sp³-hybridized carbons (Fsp3) is 0.0435. The number of anilines is 1. The summed E-state index contributed by atoms with van der Waals surface area (Å²) in [5, 5.41) is 11.4. The van der Waals surface area contributed by atoms with E-state index in [1.165, 1.54) is 17.0 Å².